The summed E-state index contributed by atoms with van der Waals surface area (Å²) in [7, 11) is -2.26. The smallest absolute Gasteiger partial charge is 0.244 e. The van der Waals surface area contributed by atoms with Gasteiger partial charge in [0.1, 0.15) is 18.3 Å². The van der Waals surface area contributed by atoms with Crippen molar-refractivity contribution in [3.05, 3.63) is 94.5 Å². The third-order valence-corrected chi connectivity index (χ3v) is 8.22. The Morgan fingerprint density at radius 3 is 2.23 bits per heavy atom. The van der Waals surface area contributed by atoms with Gasteiger partial charge in [-0.3, -0.25) is 13.9 Å². The maximum Gasteiger partial charge on any atom is 0.244 e. The normalized spacial score (nSPS) is 12.7. The van der Waals surface area contributed by atoms with E-state index in [0.29, 0.717) is 11.4 Å². The topological polar surface area (TPSA) is 96.0 Å². The number of nitrogens with zero attached hydrogens (tertiary/aromatic N) is 2. The van der Waals surface area contributed by atoms with Crippen LogP contribution in [0.4, 0.5) is 5.69 Å². The fourth-order valence-electron chi connectivity index (χ4n) is 4.18. The third kappa shape index (κ3) is 8.82. The molecule has 0 fully saturated rings. The van der Waals surface area contributed by atoms with E-state index in [-0.39, 0.29) is 24.9 Å². The van der Waals surface area contributed by atoms with Gasteiger partial charge < -0.3 is 15.0 Å². The molecule has 1 N–H and O–H groups in total. The molecule has 0 spiro atoms. The van der Waals surface area contributed by atoms with Crippen LogP contribution in [-0.2, 0) is 32.6 Å². The number of halogens is 1. The first-order valence-electron chi connectivity index (χ1n) is 13.0. The van der Waals surface area contributed by atoms with E-state index in [4.69, 9.17) is 4.74 Å². The second-order valence-corrected chi connectivity index (χ2v) is 12.5. The highest BCUT2D eigenvalue weighted by atomic mass is 79.9. The molecule has 0 radical (unpaired) electrons. The van der Waals surface area contributed by atoms with E-state index in [1.54, 1.807) is 43.5 Å². The second-order valence-electron chi connectivity index (χ2n) is 9.64. The number of amides is 2. The SMILES string of the molecule is CC[C@@H](C)NC(=O)[C@@H](Cc1ccccc1)N(Cc1cccc(OC)c1)C(=O)CN(c1ccc(Br)cc1)S(C)(=O)=O. The number of rotatable bonds is 13. The molecule has 2 amide bonds. The van der Waals surface area contributed by atoms with Gasteiger partial charge in [0.25, 0.3) is 0 Å². The summed E-state index contributed by atoms with van der Waals surface area (Å²) in [6.07, 6.45) is 2.04. The van der Waals surface area contributed by atoms with Crippen LogP contribution < -0.4 is 14.4 Å². The maximum atomic E-state index is 14.1. The Hall–Kier alpha value is -3.37. The molecule has 3 aromatic carbocycles. The highest BCUT2D eigenvalue weighted by Crippen LogP contribution is 2.23. The molecule has 0 saturated carbocycles. The number of carbonyl (C=O) groups is 2. The summed E-state index contributed by atoms with van der Waals surface area (Å²) in [5.41, 5.74) is 1.98. The summed E-state index contributed by atoms with van der Waals surface area (Å²) in [5.74, 6) is -0.193. The van der Waals surface area contributed by atoms with Crippen LogP contribution in [0.25, 0.3) is 0 Å². The Morgan fingerprint density at radius 1 is 0.975 bits per heavy atom. The minimum absolute atomic E-state index is 0.0827. The van der Waals surface area contributed by atoms with Crippen molar-refractivity contribution >= 4 is 43.5 Å². The van der Waals surface area contributed by atoms with Crippen LogP contribution in [0.5, 0.6) is 5.75 Å². The molecule has 3 rings (SSSR count). The fraction of sp³-hybridized carbons (Fsp3) is 0.333. The zero-order valence-electron chi connectivity index (χ0n) is 23.2. The molecule has 3 aromatic rings. The van der Waals surface area contributed by atoms with E-state index >= 15 is 0 Å². The van der Waals surface area contributed by atoms with Crippen molar-refractivity contribution in [3.63, 3.8) is 0 Å². The van der Waals surface area contributed by atoms with E-state index in [9.17, 15) is 18.0 Å². The lowest BCUT2D eigenvalue weighted by molar-refractivity contribution is -0.140. The van der Waals surface area contributed by atoms with Gasteiger partial charge in [0, 0.05) is 23.5 Å². The van der Waals surface area contributed by atoms with Crippen molar-refractivity contribution in [2.45, 2.75) is 45.3 Å². The first-order chi connectivity index (χ1) is 19.0. The summed E-state index contributed by atoms with van der Waals surface area (Å²) >= 11 is 3.36. The molecular weight excluding hydrogens is 594 g/mol. The van der Waals surface area contributed by atoms with Crippen molar-refractivity contribution in [1.82, 2.24) is 10.2 Å². The minimum atomic E-state index is -3.82. The van der Waals surface area contributed by atoms with Gasteiger partial charge in [0.2, 0.25) is 21.8 Å². The standard InChI is InChI=1S/C30H36BrN3O5S/c1-5-22(2)32-30(36)28(19-23-10-7-6-8-11-23)33(20-24-12-9-13-27(18-24)39-3)29(35)21-34(40(4,37)38)26-16-14-25(31)15-17-26/h6-18,22,28H,5,19-21H2,1-4H3,(H,32,36)/t22-,28-/m1/s1. The van der Waals surface area contributed by atoms with E-state index in [1.807, 2.05) is 56.3 Å². The Bertz CT molecular complexity index is 1380. The average Bonchev–Trinajstić information content (AvgIpc) is 2.94. The zero-order chi connectivity index (χ0) is 29.3. The number of nitrogens with one attached hydrogen (secondary N) is 1. The molecule has 0 saturated heterocycles. The van der Waals surface area contributed by atoms with Gasteiger partial charge in [0.05, 0.1) is 19.1 Å². The number of anilines is 1. The number of ether oxygens (including phenoxy) is 1. The molecule has 8 nitrogen and oxygen atoms in total. The maximum absolute atomic E-state index is 14.1. The number of sulfonamides is 1. The molecule has 0 heterocycles. The lowest BCUT2D eigenvalue weighted by atomic mass is 10.0. The molecule has 0 unspecified atom stereocenters. The first kappa shape index (κ1) is 31.2. The second kappa shape index (κ2) is 14.3. The Kier molecular flexibility index (Phi) is 11.2. The van der Waals surface area contributed by atoms with Crippen molar-refractivity contribution in [2.75, 3.05) is 24.2 Å². The predicted molar refractivity (Wildman–Crippen MR) is 162 cm³/mol. The van der Waals surface area contributed by atoms with Gasteiger partial charge in [-0.05, 0) is 60.9 Å². The Labute approximate surface area is 245 Å². The summed E-state index contributed by atoms with van der Waals surface area (Å²) in [6, 6.07) is 22.4. The molecular formula is C30H36BrN3O5S. The Morgan fingerprint density at radius 2 is 1.62 bits per heavy atom. The van der Waals surface area contributed by atoms with Crippen LogP contribution in [-0.4, -0.2) is 57.1 Å². The number of carbonyl (C=O) groups excluding carboxylic acids is 2. The molecule has 214 valence electrons. The van der Waals surface area contributed by atoms with Crippen molar-refractivity contribution < 1.29 is 22.7 Å². The van der Waals surface area contributed by atoms with Gasteiger partial charge >= 0.3 is 0 Å². The highest BCUT2D eigenvalue weighted by molar-refractivity contribution is 9.10. The zero-order valence-corrected chi connectivity index (χ0v) is 25.6. The van der Waals surface area contributed by atoms with Crippen LogP contribution in [0.1, 0.15) is 31.4 Å². The Balaban J connectivity index is 2.06. The van der Waals surface area contributed by atoms with Crippen LogP contribution in [0.15, 0.2) is 83.3 Å². The average molecular weight is 631 g/mol. The summed E-state index contributed by atoms with van der Waals surface area (Å²) < 4.78 is 32.9. The highest BCUT2D eigenvalue weighted by Gasteiger charge is 2.33. The van der Waals surface area contributed by atoms with Gasteiger partial charge in [0.15, 0.2) is 0 Å². The lowest BCUT2D eigenvalue weighted by Gasteiger charge is -2.34. The van der Waals surface area contributed by atoms with Crippen molar-refractivity contribution in [3.8, 4) is 5.75 Å². The van der Waals surface area contributed by atoms with Crippen LogP contribution in [0.3, 0.4) is 0 Å². The molecule has 0 aromatic heterocycles. The van der Waals surface area contributed by atoms with Crippen LogP contribution in [0, 0.1) is 0 Å². The number of hydrogen-bond acceptors (Lipinski definition) is 5. The molecule has 40 heavy (non-hydrogen) atoms. The molecule has 0 aliphatic heterocycles. The van der Waals surface area contributed by atoms with Crippen molar-refractivity contribution in [1.29, 1.82) is 0 Å². The van der Waals surface area contributed by atoms with E-state index < -0.39 is 28.5 Å². The molecule has 2 atom stereocenters. The van der Waals surface area contributed by atoms with Crippen molar-refractivity contribution in [2.24, 2.45) is 0 Å². The van der Waals surface area contributed by atoms with E-state index in [1.165, 1.54) is 4.90 Å². The van der Waals surface area contributed by atoms with Crippen LogP contribution in [0.2, 0.25) is 0 Å². The first-order valence-corrected chi connectivity index (χ1v) is 15.7. The van der Waals surface area contributed by atoms with Gasteiger partial charge in [-0.15, -0.1) is 0 Å². The summed E-state index contributed by atoms with van der Waals surface area (Å²) in [6.45, 7) is 3.49. The molecule has 0 aliphatic carbocycles. The third-order valence-electron chi connectivity index (χ3n) is 6.55. The van der Waals surface area contributed by atoms with Gasteiger partial charge in [-0.2, -0.15) is 0 Å². The van der Waals surface area contributed by atoms with Gasteiger partial charge in [-0.1, -0.05) is 65.3 Å². The molecule has 10 heteroatoms. The molecule has 0 aliphatic rings. The van der Waals surface area contributed by atoms with E-state index in [0.717, 1.165) is 32.6 Å². The number of methoxy groups -OCH3 is 1. The van der Waals surface area contributed by atoms with Gasteiger partial charge in [-0.25, -0.2) is 8.42 Å². The number of hydrogen-bond donors (Lipinski definition) is 1. The monoisotopic (exact) mass is 629 g/mol. The van der Waals surface area contributed by atoms with E-state index in [2.05, 4.69) is 21.2 Å². The molecule has 0 bridgehead atoms. The largest absolute Gasteiger partial charge is 0.497 e. The van der Waals surface area contributed by atoms with Crippen LogP contribution >= 0.6 is 15.9 Å². The number of benzene rings is 3. The minimum Gasteiger partial charge on any atom is -0.497 e. The summed E-state index contributed by atoms with van der Waals surface area (Å²) in [5, 5.41) is 3.02. The summed E-state index contributed by atoms with van der Waals surface area (Å²) in [4.78, 5) is 29.3. The quantitative estimate of drug-likeness (QED) is 0.294. The predicted octanol–water partition coefficient (Wildman–Crippen LogP) is 4.78. The lowest BCUT2D eigenvalue weighted by Crippen LogP contribution is -2.54. The fourth-order valence-corrected chi connectivity index (χ4v) is 5.30.